The standard InChI is InChI=1S/C20H17N3O2/c1-14-12-15(8-9-17(14)22-11-5-10-21)13-18-20(24)25-19(23-18)16-6-3-2-4-7-16/h2-4,6-9,12-13,22H,5,11H2,1H3/b18-13+. The summed E-state index contributed by atoms with van der Waals surface area (Å²) in [6, 6.07) is 17.2. The van der Waals surface area contributed by atoms with E-state index >= 15 is 0 Å². The summed E-state index contributed by atoms with van der Waals surface area (Å²) in [7, 11) is 0. The Labute approximate surface area is 146 Å². The Morgan fingerprint density at radius 1 is 1.24 bits per heavy atom. The van der Waals surface area contributed by atoms with Gasteiger partial charge in [-0.05, 0) is 48.4 Å². The summed E-state index contributed by atoms with van der Waals surface area (Å²) in [6.45, 7) is 2.58. The number of rotatable bonds is 5. The molecule has 1 aliphatic heterocycles. The molecule has 0 saturated heterocycles. The van der Waals surface area contributed by atoms with Crippen LogP contribution in [0.1, 0.15) is 23.1 Å². The Hall–Kier alpha value is -3.39. The summed E-state index contributed by atoms with van der Waals surface area (Å²) in [5.41, 5.74) is 3.93. The average Bonchev–Trinajstić information content (AvgIpc) is 2.98. The number of hydrogen-bond donors (Lipinski definition) is 1. The van der Waals surface area contributed by atoms with Crippen molar-refractivity contribution in [3.63, 3.8) is 0 Å². The summed E-state index contributed by atoms with van der Waals surface area (Å²) in [4.78, 5) is 16.3. The van der Waals surface area contributed by atoms with Crippen LogP contribution >= 0.6 is 0 Å². The van der Waals surface area contributed by atoms with Crippen molar-refractivity contribution in [2.24, 2.45) is 4.99 Å². The predicted octanol–water partition coefficient (Wildman–Crippen LogP) is 3.67. The van der Waals surface area contributed by atoms with Crippen LogP contribution in [0.15, 0.2) is 59.2 Å². The highest BCUT2D eigenvalue weighted by atomic mass is 16.6. The molecule has 1 N–H and O–H groups in total. The largest absolute Gasteiger partial charge is 0.402 e. The number of aliphatic imine (C=N–C) groups is 1. The minimum atomic E-state index is -0.451. The van der Waals surface area contributed by atoms with Crippen molar-refractivity contribution in [1.29, 1.82) is 5.26 Å². The van der Waals surface area contributed by atoms with Gasteiger partial charge in [0, 0.05) is 17.8 Å². The third kappa shape index (κ3) is 3.93. The molecule has 5 nitrogen and oxygen atoms in total. The van der Waals surface area contributed by atoms with Crippen LogP contribution in [-0.4, -0.2) is 18.4 Å². The molecule has 0 aliphatic carbocycles. The molecule has 0 unspecified atom stereocenters. The first-order chi connectivity index (χ1) is 12.2. The van der Waals surface area contributed by atoms with Gasteiger partial charge in [0.2, 0.25) is 5.90 Å². The second-order valence-electron chi connectivity index (χ2n) is 5.61. The maximum absolute atomic E-state index is 12.0. The zero-order valence-electron chi connectivity index (χ0n) is 13.8. The summed E-state index contributed by atoms with van der Waals surface area (Å²) in [5.74, 6) is -0.129. The molecule has 1 aliphatic rings. The molecular weight excluding hydrogens is 314 g/mol. The quantitative estimate of drug-likeness (QED) is 0.515. The van der Waals surface area contributed by atoms with E-state index in [1.807, 2.05) is 55.5 Å². The first kappa shape index (κ1) is 16.5. The summed E-state index contributed by atoms with van der Waals surface area (Å²) in [5, 5.41) is 11.8. The Kier molecular flexibility index (Phi) is 4.91. The minimum absolute atomic E-state index is 0.281. The number of ether oxygens (including phenoxy) is 1. The number of benzene rings is 2. The third-order valence-electron chi connectivity index (χ3n) is 3.75. The van der Waals surface area contributed by atoms with Crippen molar-refractivity contribution in [3.05, 3.63) is 70.9 Å². The van der Waals surface area contributed by atoms with Crippen molar-refractivity contribution in [1.82, 2.24) is 0 Å². The fourth-order valence-corrected chi connectivity index (χ4v) is 2.50. The molecule has 0 aromatic heterocycles. The number of anilines is 1. The van der Waals surface area contributed by atoms with Gasteiger partial charge in [-0.1, -0.05) is 24.3 Å². The highest BCUT2D eigenvalue weighted by molar-refractivity contribution is 6.12. The zero-order valence-corrected chi connectivity index (χ0v) is 13.8. The van der Waals surface area contributed by atoms with Gasteiger partial charge in [-0.2, -0.15) is 5.26 Å². The summed E-state index contributed by atoms with van der Waals surface area (Å²) in [6.07, 6.45) is 2.17. The van der Waals surface area contributed by atoms with Crippen LogP contribution in [0.4, 0.5) is 5.69 Å². The van der Waals surface area contributed by atoms with E-state index in [4.69, 9.17) is 10.00 Å². The van der Waals surface area contributed by atoms with E-state index in [-0.39, 0.29) is 5.70 Å². The Morgan fingerprint density at radius 2 is 2.04 bits per heavy atom. The maximum atomic E-state index is 12.0. The van der Waals surface area contributed by atoms with E-state index < -0.39 is 5.97 Å². The van der Waals surface area contributed by atoms with Gasteiger partial charge in [0.15, 0.2) is 5.70 Å². The average molecular weight is 331 g/mol. The van der Waals surface area contributed by atoms with Crippen molar-refractivity contribution < 1.29 is 9.53 Å². The van der Waals surface area contributed by atoms with E-state index in [0.717, 1.165) is 22.4 Å². The number of aryl methyl sites for hydroxylation is 1. The molecule has 5 heteroatoms. The second-order valence-corrected chi connectivity index (χ2v) is 5.61. The van der Waals surface area contributed by atoms with Gasteiger partial charge < -0.3 is 10.1 Å². The normalized spacial score (nSPS) is 14.8. The first-order valence-electron chi connectivity index (χ1n) is 7.97. The lowest BCUT2D eigenvalue weighted by atomic mass is 10.1. The molecule has 0 atom stereocenters. The lowest BCUT2D eigenvalue weighted by molar-refractivity contribution is -0.129. The van der Waals surface area contributed by atoms with Crippen LogP contribution in [0.25, 0.3) is 6.08 Å². The van der Waals surface area contributed by atoms with Crippen LogP contribution in [-0.2, 0) is 9.53 Å². The number of nitrogens with zero attached hydrogens (tertiary/aromatic N) is 2. The lowest BCUT2D eigenvalue weighted by Crippen LogP contribution is -2.05. The molecule has 0 spiro atoms. The third-order valence-corrected chi connectivity index (χ3v) is 3.75. The van der Waals surface area contributed by atoms with Gasteiger partial charge in [-0.25, -0.2) is 9.79 Å². The molecule has 0 amide bonds. The number of carbonyl (C=O) groups is 1. The Balaban J connectivity index is 1.81. The van der Waals surface area contributed by atoms with Crippen LogP contribution in [0.5, 0.6) is 0 Å². The van der Waals surface area contributed by atoms with E-state index in [0.29, 0.717) is 18.9 Å². The second kappa shape index (κ2) is 7.45. The van der Waals surface area contributed by atoms with Crippen molar-refractivity contribution in [2.75, 3.05) is 11.9 Å². The molecule has 25 heavy (non-hydrogen) atoms. The molecule has 1 heterocycles. The van der Waals surface area contributed by atoms with Gasteiger partial charge in [0.1, 0.15) is 0 Å². The number of nitriles is 1. The van der Waals surface area contributed by atoms with E-state index in [1.165, 1.54) is 0 Å². The summed E-state index contributed by atoms with van der Waals surface area (Å²) < 4.78 is 5.25. The minimum Gasteiger partial charge on any atom is -0.402 e. The SMILES string of the molecule is Cc1cc(/C=C2/N=C(c3ccccc3)OC2=O)ccc1NCCC#N. The summed E-state index contributed by atoms with van der Waals surface area (Å²) >= 11 is 0. The molecule has 2 aromatic rings. The number of cyclic esters (lactones) is 1. The van der Waals surface area contributed by atoms with Crippen molar-refractivity contribution in [2.45, 2.75) is 13.3 Å². The zero-order chi connectivity index (χ0) is 17.6. The molecule has 3 rings (SSSR count). The van der Waals surface area contributed by atoms with Gasteiger partial charge in [0.25, 0.3) is 0 Å². The van der Waals surface area contributed by atoms with E-state index in [9.17, 15) is 4.79 Å². The predicted molar refractivity (Wildman–Crippen MR) is 96.9 cm³/mol. The Morgan fingerprint density at radius 3 is 2.76 bits per heavy atom. The maximum Gasteiger partial charge on any atom is 0.363 e. The number of carbonyl (C=O) groups excluding carboxylic acids is 1. The fourth-order valence-electron chi connectivity index (χ4n) is 2.50. The Bertz CT molecular complexity index is 893. The van der Waals surface area contributed by atoms with Gasteiger partial charge in [-0.15, -0.1) is 0 Å². The topological polar surface area (TPSA) is 74.5 Å². The highest BCUT2D eigenvalue weighted by Crippen LogP contribution is 2.22. The number of esters is 1. The molecule has 0 radical (unpaired) electrons. The fraction of sp³-hybridized carbons (Fsp3) is 0.150. The van der Waals surface area contributed by atoms with Crippen LogP contribution in [0.3, 0.4) is 0 Å². The molecule has 2 aromatic carbocycles. The van der Waals surface area contributed by atoms with Crippen LogP contribution in [0.2, 0.25) is 0 Å². The van der Waals surface area contributed by atoms with Crippen molar-refractivity contribution >= 4 is 23.6 Å². The number of hydrogen-bond acceptors (Lipinski definition) is 5. The lowest BCUT2D eigenvalue weighted by Gasteiger charge is -2.08. The smallest absolute Gasteiger partial charge is 0.363 e. The van der Waals surface area contributed by atoms with Crippen molar-refractivity contribution in [3.8, 4) is 6.07 Å². The highest BCUT2D eigenvalue weighted by Gasteiger charge is 2.23. The number of nitrogens with one attached hydrogen (secondary N) is 1. The molecule has 0 bridgehead atoms. The monoisotopic (exact) mass is 331 g/mol. The molecule has 0 saturated carbocycles. The van der Waals surface area contributed by atoms with Gasteiger partial charge in [-0.3, -0.25) is 0 Å². The van der Waals surface area contributed by atoms with Crippen LogP contribution < -0.4 is 5.32 Å². The van der Waals surface area contributed by atoms with E-state index in [2.05, 4.69) is 16.4 Å². The van der Waals surface area contributed by atoms with Crippen LogP contribution in [0, 0.1) is 18.3 Å². The van der Waals surface area contributed by atoms with Gasteiger partial charge >= 0.3 is 5.97 Å². The molecular formula is C20H17N3O2. The molecule has 124 valence electrons. The van der Waals surface area contributed by atoms with Gasteiger partial charge in [0.05, 0.1) is 12.5 Å². The molecule has 0 fully saturated rings. The first-order valence-corrected chi connectivity index (χ1v) is 7.97. The van der Waals surface area contributed by atoms with E-state index in [1.54, 1.807) is 6.08 Å².